The molecule has 94 valence electrons. The van der Waals surface area contributed by atoms with Gasteiger partial charge < -0.3 is 4.74 Å². The van der Waals surface area contributed by atoms with Gasteiger partial charge in [0.1, 0.15) is 0 Å². The van der Waals surface area contributed by atoms with E-state index in [0.717, 1.165) is 18.7 Å². The van der Waals surface area contributed by atoms with Crippen LogP contribution in [-0.4, -0.2) is 18.9 Å². The Morgan fingerprint density at radius 2 is 1.62 bits per heavy atom. The summed E-state index contributed by atoms with van der Waals surface area (Å²) in [5.41, 5.74) is 0. The average Bonchev–Trinajstić information content (AvgIpc) is 2.33. The Morgan fingerprint density at radius 3 is 2.31 bits per heavy atom. The first-order valence-electron chi connectivity index (χ1n) is 7.19. The summed E-state index contributed by atoms with van der Waals surface area (Å²) in [4.78, 5) is 0. The van der Waals surface area contributed by atoms with Gasteiger partial charge in [0.25, 0.3) is 0 Å². The van der Waals surface area contributed by atoms with Crippen LogP contribution >= 0.6 is 0 Å². The van der Waals surface area contributed by atoms with Gasteiger partial charge in [-0.15, -0.1) is 0 Å². The molecule has 0 heterocycles. The fourth-order valence-corrected chi connectivity index (χ4v) is 2.98. The van der Waals surface area contributed by atoms with Crippen molar-refractivity contribution in [3.63, 3.8) is 0 Å². The van der Waals surface area contributed by atoms with Crippen molar-refractivity contribution in [2.45, 2.75) is 76.9 Å². The van der Waals surface area contributed by atoms with Crippen LogP contribution in [0.25, 0.3) is 0 Å². The lowest BCUT2D eigenvalue weighted by atomic mass is 9.87. The first-order valence-corrected chi connectivity index (χ1v) is 7.19. The third-order valence-electron chi connectivity index (χ3n) is 4.26. The van der Waals surface area contributed by atoms with Gasteiger partial charge in [0.15, 0.2) is 0 Å². The minimum atomic E-state index is 0.545. The highest BCUT2D eigenvalue weighted by atomic mass is 16.5. The summed E-state index contributed by atoms with van der Waals surface area (Å²) in [7, 11) is 0. The van der Waals surface area contributed by atoms with E-state index < -0.39 is 0 Å². The highest BCUT2D eigenvalue weighted by Gasteiger charge is 2.18. The van der Waals surface area contributed by atoms with Crippen molar-refractivity contribution in [3.8, 4) is 0 Å². The van der Waals surface area contributed by atoms with E-state index in [1.54, 1.807) is 0 Å². The van der Waals surface area contributed by atoms with Gasteiger partial charge in [-0.05, 0) is 44.4 Å². The van der Waals surface area contributed by atoms with E-state index in [2.05, 4.69) is 12.2 Å². The molecule has 2 saturated carbocycles. The van der Waals surface area contributed by atoms with Crippen molar-refractivity contribution >= 4 is 0 Å². The molecule has 1 N–H and O–H groups in total. The van der Waals surface area contributed by atoms with Crippen molar-refractivity contribution in [3.05, 3.63) is 0 Å². The summed E-state index contributed by atoms with van der Waals surface area (Å²) >= 11 is 0. The van der Waals surface area contributed by atoms with E-state index in [4.69, 9.17) is 4.74 Å². The molecule has 2 fully saturated rings. The van der Waals surface area contributed by atoms with Crippen LogP contribution < -0.4 is 5.32 Å². The maximum atomic E-state index is 5.90. The summed E-state index contributed by atoms with van der Waals surface area (Å²) in [5, 5.41) is 3.57. The molecule has 2 aliphatic rings. The van der Waals surface area contributed by atoms with Crippen LogP contribution in [0.4, 0.5) is 0 Å². The second-order valence-corrected chi connectivity index (χ2v) is 5.73. The van der Waals surface area contributed by atoms with Crippen molar-refractivity contribution < 1.29 is 4.74 Å². The molecule has 2 rings (SSSR count). The zero-order valence-electron chi connectivity index (χ0n) is 10.7. The minimum Gasteiger partial charge on any atom is -0.363 e. The standard InChI is InChI=1S/C14H27NO/c1-12-7-9-13(10-8-12)15-11-16-14-5-3-2-4-6-14/h12-15H,2-11H2,1H3. The van der Waals surface area contributed by atoms with Crippen LogP contribution in [0.15, 0.2) is 0 Å². The number of ether oxygens (including phenoxy) is 1. The molecule has 2 heteroatoms. The summed E-state index contributed by atoms with van der Waals surface area (Å²) in [6.07, 6.45) is 12.7. The molecule has 0 aromatic heterocycles. The van der Waals surface area contributed by atoms with Crippen LogP contribution in [0.5, 0.6) is 0 Å². The first-order chi connectivity index (χ1) is 7.84. The molecular formula is C14H27NO. The SMILES string of the molecule is CC1CCC(NCOC2CCCCC2)CC1. The Kier molecular flexibility index (Phi) is 5.11. The van der Waals surface area contributed by atoms with E-state index in [-0.39, 0.29) is 0 Å². The fourth-order valence-electron chi connectivity index (χ4n) is 2.98. The first kappa shape index (κ1) is 12.4. The third-order valence-corrected chi connectivity index (χ3v) is 4.26. The molecule has 0 radical (unpaired) electrons. The van der Waals surface area contributed by atoms with Gasteiger partial charge >= 0.3 is 0 Å². The summed E-state index contributed by atoms with van der Waals surface area (Å²) < 4.78 is 5.90. The van der Waals surface area contributed by atoms with Gasteiger partial charge in [0, 0.05) is 6.04 Å². The van der Waals surface area contributed by atoms with Gasteiger partial charge in [0.05, 0.1) is 12.8 Å². The van der Waals surface area contributed by atoms with Crippen LogP contribution in [-0.2, 0) is 4.74 Å². The number of hydrogen-bond donors (Lipinski definition) is 1. The molecule has 0 saturated heterocycles. The Labute approximate surface area is 100 Å². The van der Waals surface area contributed by atoms with Crippen molar-refractivity contribution in [1.82, 2.24) is 5.32 Å². The average molecular weight is 225 g/mol. The predicted octanol–water partition coefficient (Wildman–Crippen LogP) is 3.46. The van der Waals surface area contributed by atoms with Gasteiger partial charge in [0.2, 0.25) is 0 Å². The van der Waals surface area contributed by atoms with Crippen LogP contribution in [0, 0.1) is 5.92 Å². The lowest BCUT2D eigenvalue weighted by Crippen LogP contribution is -2.36. The quantitative estimate of drug-likeness (QED) is 0.740. The van der Waals surface area contributed by atoms with Gasteiger partial charge in [-0.2, -0.15) is 0 Å². The summed E-state index contributed by atoms with van der Waals surface area (Å²) in [5.74, 6) is 0.942. The maximum Gasteiger partial charge on any atom is 0.0971 e. The van der Waals surface area contributed by atoms with Crippen LogP contribution in [0.1, 0.15) is 64.7 Å². The van der Waals surface area contributed by atoms with Crippen LogP contribution in [0.2, 0.25) is 0 Å². The molecule has 0 unspecified atom stereocenters. The minimum absolute atomic E-state index is 0.545. The Hall–Kier alpha value is -0.0800. The zero-order chi connectivity index (χ0) is 11.2. The molecule has 0 aliphatic heterocycles. The van der Waals surface area contributed by atoms with E-state index >= 15 is 0 Å². The van der Waals surface area contributed by atoms with E-state index in [1.165, 1.54) is 57.8 Å². The van der Waals surface area contributed by atoms with E-state index in [9.17, 15) is 0 Å². The smallest absolute Gasteiger partial charge is 0.0971 e. The molecule has 2 nitrogen and oxygen atoms in total. The molecule has 0 aromatic rings. The Balaban J connectivity index is 1.53. The van der Waals surface area contributed by atoms with Crippen LogP contribution in [0.3, 0.4) is 0 Å². The topological polar surface area (TPSA) is 21.3 Å². The molecule has 0 aromatic carbocycles. The number of rotatable bonds is 4. The molecular weight excluding hydrogens is 198 g/mol. The summed E-state index contributed by atoms with van der Waals surface area (Å²) in [6, 6.07) is 0.722. The lowest BCUT2D eigenvalue weighted by molar-refractivity contribution is 0.0106. The molecule has 0 bridgehead atoms. The molecule has 16 heavy (non-hydrogen) atoms. The van der Waals surface area contributed by atoms with E-state index in [0.29, 0.717) is 6.10 Å². The number of nitrogens with one attached hydrogen (secondary N) is 1. The normalized spacial score (nSPS) is 32.8. The Morgan fingerprint density at radius 1 is 0.938 bits per heavy atom. The largest absolute Gasteiger partial charge is 0.363 e. The predicted molar refractivity (Wildman–Crippen MR) is 67.4 cm³/mol. The summed E-state index contributed by atoms with van der Waals surface area (Å²) in [6.45, 7) is 3.15. The lowest BCUT2D eigenvalue weighted by Gasteiger charge is -2.28. The van der Waals surface area contributed by atoms with Gasteiger partial charge in [-0.1, -0.05) is 26.2 Å². The maximum absolute atomic E-state index is 5.90. The zero-order valence-corrected chi connectivity index (χ0v) is 10.7. The van der Waals surface area contributed by atoms with Crippen molar-refractivity contribution in [2.24, 2.45) is 5.92 Å². The van der Waals surface area contributed by atoms with Crippen molar-refractivity contribution in [2.75, 3.05) is 6.73 Å². The molecule has 2 aliphatic carbocycles. The van der Waals surface area contributed by atoms with E-state index in [1.807, 2.05) is 0 Å². The second-order valence-electron chi connectivity index (χ2n) is 5.73. The highest BCUT2D eigenvalue weighted by molar-refractivity contribution is 4.74. The Bertz CT molecular complexity index is 181. The monoisotopic (exact) mass is 225 g/mol. The van der Waals surface area contributed by atoms with Crippen molar-refractivity contribution in [1.29, 1.82) is 0 Å². The third kappa shape index (κ3) is 4.06. The second kappa shape index (κ2) is 6.61. The fraction of sp³-hybridized carbons (Fsp3) is 1.00. The van der Waals surface area contributed by atoms with Gasteiger partial charge in [-0.25, -0.2) is 0 Å². The highest BCUT2D eigenvalue weighted by Crippen LogP contribution is 2.24. The van der Waals surface area contributed by atoms with Gasteiger partial charge in [-0.3, -0.25) is 5.32 Å². The molecule has 0 spiro atoms. The molecule has 0 atom stereocenters. The number of hydrogen-bond acceptors (Lipinski definition) is 2. The molecule has 0 amide bonds.